The molecule has 0 aliphatic heterocycles. The number of benzene rings is 1. The van der Waals surface area contributed by atoms with Crippen molar-refractivity contribution in [2.45, 2.75) is 13.3 Å². The van der Waals surface area contributed by atoms with Crippen molar-refractivity contribution in [3.8, 4) is 5.75 Å². The van der Waals surface area contributed by atoms with Crippen LogP contribution >= 0.6 is 0 Å². The molecule has 1 rings (SSSR count). The first-order chi connectivity index (χ1) is 8.60. The first-order valence-electron chi connectivity index (χ1n) is 5.81. The Morgan fingerprint density at radius 1 is 1.44 bits per heavy atom. The Labute approximate surface area is 106 Å². The van der Waals surface area contributed by atoms with E-state index in [2.05, 4.69) is 0 Å². The molecular formula is C12H18N2O4. The zero-order valence-electron chi connectivity index (χ0n) is 10.6. The van der Waals surface area contributed by atoms with Crippen molar-refractivity contribution in [2.24, 2.45) is 0 Å². The SMILES string of the molecule is CCCN(CCOC)c1ccc([N+](=O)[O-])c(O)c1. The monoisotopic (exact) mass is 254 g/mol. The Hall–Kier alpha value is -1.82. The van der Waals surface area contributed by atoms with Crippen LogP contribution in [0.4, 0.5) is 11.4 Å². The molecule has 1 aromatic carbocycles. The topological polar surface area (TPSA) is 75.8 Å². The maximum atomic E-state index is 10.6. The fraction of sp³-hybridized carbons (Fsp3) is 0.500. The van der Waals surface area contributed by atoms with Gasteiger partial charge in [-0.15, -0.1) is 0 Å². The fourth-order valence-corrected chi connectivity index (χ4v) is 1.70. The van der Waals surface area contributed by atoms with Crippen molar-refractivity contribution in [1.29, 1.82) is 0 Å². The number of aromatic hydroxyl groups is 1. The Bertz CT molecular complexity index is 409. The molecule has 1 aromatic rings. The van der Waals surface area contributed by atoms with Gasteiger partial charge in [0.2, 0.25) is 0 Å². The molecule has 6 heteroatoms. The number of nitro groups is 1. The van der Waals surface area contributed by atoms with E-state index in [1.807, 2.05) is 11.8 Å². The van der Waals surface area contributed by atoms with Crippen LogP contribution in [0.1, 0.15) is 13.3 Å². The Morgan fingerprint density at radius 3 is 2.67 bits per heavy atom. The number of ether oxygens (including phenoxy) is 1. The van der Waals surface area contributed by atoms with Crippen LogP contribution in [-0.2, 0) is 4.74 Å². The summed E-state index contributed by atoms with van der Waals surface area (Å²) in [5.74, 6) is -0.309. The van der Waals surface area contributed by atoms with Crippen LogP contribution in [0.25, 0.3) is 0 Å². The molecular weight excluding hydrogens is 236 g/mol. The first-order valence-corrected chi connectivity index (χ1v) is 5.81. The standard InChI is InChI=1S/C12H18N2O4/c1-3-6-13(7-8-18-2)10-4-5-11(14(16)17)12(15)9-10/h4-5,9,15H,3,6-8H2,1-2H3. The summed E-state index contributed by atoms with van der Waals surface area (Å²) in [7, 11) is 1.62. The van der Waals surface area contributed by atoms with Gasteiger partial charge in [0.25, 0.3) is 0 Å². The second-order valence-electron chi connectivity index (χ2n) is 3.91. The predicted molar refractivity (Wildman–Crippen MR) is 69.1 cm³/mol. The Morgan fingerprint density at radius 2 is 2.17 bits per heavy atom. The van der Waals surface area contributed by atoms with E-state index in [0.29, 0.717) is 13.2 Å². The second kappa shape index (κ2) is 6.80. The highest BCUT2D eigenvalue weighted by Gasteiger charge is 2.15. The molecule has 0 atom stereocenters. The number of anilines is 1. The lowest BCUT2D eigenvalue weighted by molar-refractivity contribution is -0.385. The lowest BCUT2D eigenvalue weighted by Crippen LogP contribution is -2.27. The average Bonchev–Trinajstić information content (AvgIpc) is 2.33. The molecule has 0 radical (unpaired) electrons. The number of phenolic OH excluding ortho intramolecular Hbond substituents is 1. The van der Waals surface area contributed by atoms with Crippen LogP contribution in [0.3, 0.4) is 0 Å². The van der Waals surface area contributed by atoms with Crippen molar-refractivity contribution >= 4 is 11.4 Å². The van der Waals surface area contributed by atoms with E-state index in [1.54, 1.807) is 13.2 Å². The van der Waals surface area contributed by atoms with E-state index in [-0.39, 0.29) is 11.4 Å². The minimum absolute atomic E-state index is 0.276. The fourth-order valence-electron chi connectivity index (χ4n) is 1.70. The highest BCUT2D eigenvalue weighted by atomic mass is 16.6. The molecule has 0 saturated carbocycles. The summed E-state index contributed by atoms with van der Waals surface area (Å²) >= 11 is 0. The summed E-state index contributed by atoms with van der Waals surface area (Å²) in [6.45, 7) is 4.10. The summed E-state index contributed by atoms with van der Waals surface area (Å²) < 4.78 is 5.02. The number of methoxy groups -OCH3 is 1. The molecule has 100 valence electrons. The molecule has 0 spiro atoms. The molecule has 0 bridgehead atoms. The molecule has 0 unspecified atom stereocenters. The molecule has 18 heavy (non-hydrogen) atoms. The van der Waals surface area contributed by atoms with Crippen LogP contribution in [0.5, 0.6) is 5.75 Å². The van der Waals surface area contributed by atoms with E-state index in [4.69, 9.17) is 4.74 Å². The van der Waals surface area contributed by atoms with E-state index < -0.39 is 4.92 Å². The van der Waals surface area contributed by atoms with Gasteiger partial charge in [0.15, 0.2) is 5.75 Å². The van der Waals surface area contributed by atoms with Crippen LogP contribution in [0.2, 0.25) is 0 Å². The largest absolute Gasteiger partial charge is 0.502 e. The van der Waals surface area contributed by atoms with Gasteiger partial charge in [0.1, 0.15) is 0 Å². The third-order valence-corrected chi connectivity index (χ3v) is 2.58. The van der Waals surface area contributed by atoms with E-state index in [9.17, 15) is 15.2 Å². The predicted octanol–water partition coefficient (Wildman–Crippen LogP) is 2.16. The van der Waals surface area contributed by atoms with Crippen molar-refractivity contribution in [2.75, 3.05) is 31.7 Å². The quantitative estimate of drug-likeness (QED) is 0.596. The van der Waals surface area contributed by atoms with Gasteiger partial charge in [0.05, 0.1) is 11.5 Å². The van der Waals surface area contributed by atoms with Crippen molar-refractivity contribution in [3.63, 3.8) is 0 Å². The Balaban J connectivity index is 2.91. The summed E-state index contributed by atoms with van der Waals surface area (Å²) in [4.78, 5) is 12.0. The molecule has 0 heterocycles. The molecule has 6 nitrogen and oxygen atoms in total. The molecule has 0 saturated heterocycles. The lowest BCUT2D eigenvalue weighted by atomic mass is 10.2. The van der Waals surface area contributed by atoms with Gasteiger partial charge in [-0.25, -0.2) is 0 Å². The van der Waals surface area contributed by atoms with E-state index in [0.717, 1.165) is 18.7 Å². The van der Waals surface area contributed by atoms with Gasteiger partial charge in [-0.2, -0.15) is 0 Å². The maximum Gasteiger partial charge on any atom is 0.310 e. The molecule has 0 aliphatic carbocycles. The number of nitrogens with zero attached hydrogens (tertiary/aromatic N) is 2. The second-order valence-corrected chi connectivity index (χ2v) is 3.91. The minimum Gasteiger partial charge on any atom is -0.502 e. The van der Waals surface area contributed by atoms with Crippen molar-refractivity contribution in [3.05, 3.63) is 28.3 Å². The minimum atomic E-state index is -0.599. The highest BCUT2D eigenvalue weighted by molar-refractivity contribution is 5.58. The van der Waals surface area contributed by atoms with Crippen molar-refractivity contribution in [1.82, 2.24) is 0 Å². The molecule has 0 amide bonds. The molecule has 0 fully saturated rings. The van der Waals surface area contributed by atoms with Crippen LogP contribution in [0, 0.1) is 10.1 Å². The van der Waals surface area contributed by atoms with Crippen LogP contribution < -0.4 is 4.90 Å². The number of nitro benzene ring substituents is 1. The van der Waals surface area contributed by atoms with E-state index >= 15 is 0 Å². The zero-order chi connectivity index (χ0) is 13.5. The third kappa shape index (κ3) is 3.59. The van der Waals surface area contributed by atoms with Gasteiger partial charge in [-0.3, -0.25) is 10.1 Å². The third-order valence-electron chi connectivity index (χ3n) is 2.58. The molecule has 1 N–H and O–H groups in total. The summed E-state index contributed by atoms with van der Waals surface area (Å²) in [5, 5.41) is 20.2. The van der Waals surface area contributed by atoms with Gasteiger partial charge in [-0.1, -0.05) is 6.92 Å². The molecule has 0 aliphatic rings. The normalized spacial score (nSPS) is 10.3. The number of rotatable bonds is 7. The number of hydrogen-bond acceptors (Lipinski definition) is 5. The average molecular weight is 254 g/mol. The lowest BCUT2D eigenvalue weighted by Gasteiger charge is -2.23. The van der Waals surface area contributed by atoms with Crippen LogP contribution in [0.15, 0.2) is 18.2 Å². The highest BCUT2D eigenvalue weighted by Crippen LogP contribution is 2.30. The maximum absolute atomic E-state index is 10.6. The molecule has 0 aromatic heterocycles. The summed E-state index contributed by atoms with van der Waals surface area (Å²) in [6, 6.07) is 4.38. The first kappa shape index (κ1) is 14.2. The van der Waals surface area contributed by atoms with Gasteiger partial charge in [0, 0.05) is 38.0 Å². The Kier molecular flexibility index (Phi) is 5.38. The summed E-state index contributed by atoms with van der Waals surface area (Å²) in [6.07, 6.45) is 0.946. The van der Waals surface area contributed by atoms with Gasteiger partial charge in [-0.05, 0) is 12.5 Å². The van der Waals surface area contributed by atoms with Gasteiger partial charge < -0.3 is 14.7 Å². The van der Waals surface area contributed by atoms with Crippen molar-refractivity contribution < 1.29 is 14.8 Å². The van der Waals surface area contributed by atoms with Gasteiger partial charge >= 0.3 is 5.69 Å². The zero-order valence-corrected chi connectivity index (χ0v) is 10.6. The number of hydrogen-bond donors (Lipinski definition) is 1. The van der Waals surface area contributed by atoms with E-state index in [1.165, 1.54) is 12.1 Å². The number of phenols is 1. The van der Waals surface area contributed by atoms with Crippen LogP contribution in [-0.4, -0.2) is 36.8 Å². The smallest absolute Gasteiger partial charge is 0.310 e. The summed E-state index contributed by atoms with van der Waals surface area (Å²) in [5.41, 5.74) is 0.485.